The standard InChI is InChI=1S/C29H25NO3S/c31-28(30-25(18-29(32)33)22-14-13-20-7-1-2-8-21(20)17-22)11-5-6-19-12-15-24-23-9-3-4-10-26(23)34-27(24)16-19/h1-4,7-10,12-17,25H,5-6,11,18H2,(H,30,31)(H,32,33)/t25-/m0/s1. The number of thiophene rings is 1. The highest BCUT2D eigenvalue weighted by molar-refractivity contribution is 7.25. The van der Waals surface area contributed by atoms with Gasteiger partial charge in [0.2, 0.25) is 5.91 Å². The van der Waals surface area contributed by atoms with Crippen LogP contribution in [0.15, 0.2) is 84.9 Å². The summed E-state index contributed by atoms with van der Waals surface area (Å²) in [4.78, 5) is 24.1. The topological polar surface area (TPSA) is 66.4 Å². The summed E-state index contributed by atoms with van der Waals surface area (Å²) in [5.74, 6) is -1.06. The average molecular weight is 468 g/mol. The lowest BCUT2D eigenvalue weighted by atomic mass is 9.99. The van der Waals surface area contributed by atoms with E-state index >= 15 is 0 Å². The summed E-state index contributed by atoms with van der Waals surface area (Å²) >= 11 is 1.79. The number of nitrogens with one attached hydrogen (secondary N) is 1. The van der Waals surface area contributed by atoms with Gasteiger partial charge in [0.05, 0.1) is 12.5 Å². The second-order valence-electron chi connectivity index (χ2n) is 8.61. The zero-order valence-electron chi connectivity index (χ0n) is 18.7. The van der Waals surface area contributed by atoms with E-state index in [1.807, 2.05) is 42.5 Å². The van der Waals surface area contributed by atoms with Crippen molar-refractivity contribution in [2.24, 2.45) is 0 Å². The molecule has 5 heteroatoms. The molecule has 0 spiro atoms. The van der Waals surface area contributed by atoms with Crippen molar-refractivity contribution in [3.8, 4) is 0 Å². The van der Waals surface area contributed by atoms with Gasteiger partial charge in [0.1, 0.15) is 0 Å². The Morgan fingerprint density at radius 3 is 2.44 bits per heavy atom. The molecule has 1 amide bonds. The third-order valence-electron chi connectivity index (χ3n) is 6.20. The lowest BCUT2D eigenvalue weighted by Gasteiger charge is -2.18. The zero-order valence-corrected chi connectivity index (χ0v) is 19.5. The van der Waals surface area contributed by atoms with Gasteiger partial charge in [0.25, 0.3) is 0 Å². The van der Waals surface area contributed by atoms with Gasteiger partial charge in [0.15, 0.2) is 0 Å². The summed E-state index contributed by atoms with van der Waals surface area (Å²) in [5.41, 5.74) is 2.02. The van der Waals surface area contributed by atoms with Crippen LogP contribution in [0.1, 0.15) is 36.4 Å². The Labute approximate surface area is 201 Å². The number of carbonyl (C=O) groups is 2. The molecular weight excluding hydrogens is 442 g/mol. The van der Waals surface area contributed by atoms with Crippen LogP contribution in [0, 0.1) is 0 Å². The fourth-order valence-corrected chi connectivity index (χ4v) is 5.67. The normalized spacial score (nSPS) is 12.2. The van der Waals surface area contributed by atoms with Crippen molar-refractivity contribution in [1.29, 1.82) is 0 Å². The van der Waals surface area contributed by atoms with Crippen LogP contribution >= 0.6 is 11.3 Å². The van der Waals surface area contributed by atoms with Crippen LogP contribution in [-0.4, -0.2) is 17.0 Å². The molecule has 0 bridgehead atoms. The van der Waals surface area contributed by atoms with Crippen LogP contribution in [0.4, 0.5) is 0 Å². The maximum atomic E-state index is 12.7. The minimum absolute atomic E-state index is 0.123. The van der Waals surface area contributed by atoms with Crippen LogP contribution in [-0.2, 0) is 16.0 Å². The van der Waals surface area contributed by atoms with Crippen LogP contribution in [0.25, 0.3) is 30.9 Å². The van der Waals surface area contributed by atoms with Crippen LogP contribution < -0.4 is 5.32 Å². The Balaban J connectivity index is 1.23. The Hall–Kier alpha value is -3.70. The second-order valence-corrected chi connectivity index (χ2v) is 9.69. The van der Waals surface area contributed by atoms with Crippen LogP contribution in [0.5, 0.6) is 0 Å². The van der Waals surface area contributed by atoms with Crippen molar-refractivity contribution in [2.75, 3.05) is 0 Å². The third kappa shape index (κ3) is 4.80. The van der Waals surface area contributed by atoms with Gasteiger partial charge in [0, 0.05) is 26.6 Å². The maximum Gasteiger partial charge on any atom is 0.305 e. The molecule has 5 rings (SSSR count). The maximum absolute atomic E-state index is 12.7. The molecule has 1 aromatic heterocycles. The minimum Gasteiger partial charge on any atom is -0.481 e. The quantitative estimate of drug-likeness (QED) is 0.262. The van der Waals surface area contributed by atoms with Crippen LogP contribution in [0.2, 0.25) is 0 Å². The van der Waals surface area contributed by atoms with E-state index in [9.17, 15) is 14.7 Å². The average Bonchev–Trinajstić information content (AvgIpc) is 3.21. The second kappa shape index (κ2) is 9.65. The largest absolute Gasteiger partial charge is 0.481 e. The van der Waals surface area contributed by atoms with E-state index in [2.05, 4.69) is 47.8 Å². The number of benzene rings is 4. The van der Waals surface area contributed by atoms with Gasteiger partial charge in [-0.2, -0.15) is 0 Å². The number of carbonyl (C=O) groups excluding carboxylic acids is 1. The first-order valence-corrected chi connectivity index (χ1v) is 12.3. The molecular formula is C29H25NO3S. The van der Waals surface area contributed by atoms with E-state index in [1.165, 1.54) is 25.7 Å². The van der Waals surface area contributed by atoms with Crippen molar-refractivity contribution >= 4 is 54.2 Å². The summed E-state index contributed by atoms with van der Waals surface area (Å²) < 4.78 is 2.55. The Bertz CT molecular complexity index is 1500. The van der Waals surface area contributed by atoms with Crippen molar-refractivity contribution in [2.45, 2.75) is 31.7 Å². The molecule has 0 radical (unpaired) electrons. The molecule has 0 aliphatic carbocycles. The molecule has 2 N–H and O–H groups in total. The summed E-state index contributed by atoms with van der Waals surface area (Å²) in [6.07, 6.45) is 1.72. The van der Waals surface area contributed by atoms with Crippen LogP contribution in [0.3, 0.4) is 0 Å². The number of hydrogen-bond donors (Lipinski definition) is 2. The fourth-order valence-electron chi connectivity index (χ4n) is 4.50. The first-order chi connectivity index (χ1) is 16.6. The van der Waals surface area contributed by atoms with E-state index in [4.69, 9.17) is 0 Å². The summed E-state index contributed by atoms with van der Waals surface area (Å²) in [6.45, 7) is 0. The molecule has 1 atom stereocenters. The SMILES string of the molecule is O=C(O)C[C@H](NC(=O)CCCc1ccc2c(c1)sc1ccccc12)c1ccc2ccccc2c1. The number of amides is 1. The van der Waals surface area contributed by atoms with Gasteiger partial charge < -0.3 is 10.4 Å². The van der Waals surface area contributed by atoms with Crippen molar-refractivity contribution in [1.82, 2.24) is 5.32 Å². The number of carboxylic acid groups (broad SMARTS) is 1. The van der Waals surface area contributed by atoms with Gasteiger partial charge in [-0.15, -0.1) is 11.3 Å². The third-order valence-corrected chi connectivity index (χ3v) is 7.34. The van der Waals surface area contributed by atoms with E-state index in [0.29, 0.717) is 12.8 Å². The number of aryl methyl sites for hydroxylation is 1. The van der Waals surface area contributed by atoms with Gasteiger partial charge in [-0.3, -0.25) is 9.59 Å². The summed E-state index contributed by atoms with van der Waals surface area (Å²) in [7, 11) is 0. The lowest BCUT2D eigenvalue weighted by Crippen LogP contribution is -2.30. The fraction of sp³-hybridized carbons (Fsp3) is 0.172. The highest BCUT2D eigenvalue weighted by Gasteiger charge is 2.18. The van der Waals surface area contributed by atoms with Gasteiger partial charge in [-0.05, 0) is 52.9 Å². The van der Waals surface area contributed by atoms with Gasteiger partial charge >= 0.3 is 5.97 Å². The Morgan fingerprint density at radius 2 is 1.59 bits per heavy atom. The number of aliphatic carboxylic acids is 1. The molecule has 0 aliphatic rings. The molecule has 4 aromatic carbocycles. The van der Waals surface area contributed by atoms with Crippen molar-refractivity contribution in [3.05, 3.63) is 96.1 Å². The Kier molecular flexibility index (Phi) is 6.28. The van der Waals surface area contributed by atoms with E-state index in [1.54, 1.807) is 11.3 Å². The molecule has 0 saturated heterocycles. The zero-order chi connectivity index (χ0) is 23.5. The smallest absolute Gasteiger partial charge is 0.305 e. The molecule has 0 saturated carbocycles. The summed E-state index contributed by atoms with van der Waals surface area (Å²) in [5, 5.41) is 17.0. The van der Waals surface area contributed by atoms with Gasteiger partial charge in [-0.1, -0.05) is 66.7 Å². The predicted molar refractivity (Wildman–Crippen MR) is 139 cm³/mol. The van der Waals surface area contributed by atoms with Crippen molar-refractivity contribution in [3.63, 3.8) is 0 Å². The van der Waals surface area contributed by atoms with E-state index in [-0.39, 0.29) is 12.3 Å². The number of carboxylic acids is 1. The first-order valence-electron chi connectivity index (χ1n) is 11.5. The Morgan fingerprint density at radius 1 is 0.824 bits per heavy atom. The minimum atomic E-state index is -0.935. The molecule has 0 fully saturated rings. The molecule has 1 heterocycles. The molecule has 5 aromatic rings. The van der Waals surface area contributed by atoms with Gasteiger partial charge in [-0.25, -0.2) is 0 Å². The molecule has 170 valence electrons. The predicted octanol–water partition coefficient (Wildman–Crippen LogP) is 6.86. The lowest BCUT2D eigenvalue weighted by molar-refractivity contribution is -0.137. The summed E-state index contributed by atoms with van der Waals surface area (Å²) in [6, 6.07) is 28.2. The first kappa shape index (κ1) is 22.1. The molecule has 4 nitrogen and oxygen atoms in total. The monoisotopic (exact) mass is 467 g/mol. The highest BCUT2D eigenvalue weighted by Crippen LogP contribution is 2.34. The van der Waals surface area contributed by atoms with E-state index in [0.717, 1.165) is 22.8 Å². The number of hydrogen-bond acceptors (Lipinski definition) is 3. The number of fused-ring (bicyclic) bond motifs is 4. The molecule has 0 aliphatic heterocycles. The van der Waals surface area contributed by atoms with Crippen molar-refractivity contribution < 1.29 is 14.7 Å². The number of rotatable bonds is 8. The molecule has 34 heavy (non-hydrogen) atoms. The van der Waals surface area contributed by atoms with E-state index < -0.39 is 12.0 Å². The molecule has 0 unspecified atom stereocenters. The highest BCUT2D eigenvalue weighted by atomic mass is 32.1.